The Morgan fingerprint density at radius 1 is 1.12 bits per heavy atom. The first-order chi connectivity index (χ1) is 7.84. The lowest BCUT2D eigenvalue weighted by Crippen LogP contribution is -1.98. The molecular formula is C15H21N. The zero-order chi connectivity index (χ0) is 11.2. The molecule has 1 N–H and O–H groups in total. The minimum atomic E-state index is 0.877. The van der Waals surface area contributed by atoms with Crippen molar-refractivity contribution in [2.24, 2.45) is 5.92 Å². The van der Waals surface area contributed by atoms with Crippen molar-refractivity contribution in [3.8, 4) is 0 Å². The summed E-state index contributed by atoms with van der Waals surface area (Å²) < 4.78 is 0. The average molecular weight is 215 g/mol. The van der Waals surface area contributed by atoms with E-state index in [1.165, 1.54) is 31.2 Å². The highest BCUT2D eigenvalue weighted by molar-refractivity contribution is 5.81. The van der Waals surface area contributed by atoms with Gasteiger partial charge in [-0.05, 0) is 56.4 Å². The van der Waals surface area contributed by atoms with E-state index >= 15 is 0 Å². The fourth-order valence-corrected chi connectivity index (χ4v) is 2.08. The summed E-state index contributed by atoms with van der Waals surface area (Å²) in [6.45, 7) is 0. The molecule has 1 heteroatoms. The van der Waals surface area contributed by atoms with E-state index in [-0.39, 0.29) is 0 Å². The quantitative estimate of drug-likeness (QED) is 0.520. The summed E-state index contributed by atoms with van der Waals surface area (Å²) in [4.78, 5) is 0. The smallest absolute Gasteiger partial charge is 0.00919 e. The van der Waals surface area contributed by atoms with Crippen molar-refractivity contribution in [2.45, 2.75) is 44.9 Å². The summed E-state index contributed by atoms with van der Waals surface area (Å²) in [5.41, 5.74) is 2.41. The Bertz CT molecular complexity index is 325. The monoisotopic (exact) mass is 215 g/mol. The molecule has 0 radical (unpaired) electrons. The standard InChI is InChI=1S/C15H21N/c16-15(12-14-10-11-14)9-5-4-8-13-6-2-1-3-7-13/h1-3,6-7,14,16H,4-5,8-12H2. The molecule has 1 aliphatic rings. The second-order valence-corrected chi connectivity index (χ2v) is 4.94. The van der Waals surface area contributed by atoms with Gasteiger partial charge < -0.3 is 5.41 Å². The van der Waals surface area contributed by atoms with Gasteiger partial charge in [0, 0.05) is 5.71 Å². The van der Waals surface area contributed by atoms with Crippen molar-refractivity contribution in [3.63, 3.8) is 0 Å². The number of hydrogen-bond acceptors (Lipinski definition) is 1. The first-order valence-electron chi connectivity index (χ1n) is 6.45. The normalized spacial score (nSPS) is 15.0. The summed E-state index contributed by atoms with van der Waals surface area (Å²) in [6, 6.07) is 10.6. The topological polar surface area (TPSA) is 23.9 Å². The van der Waals surface area contributed by atoms with E-state index in [0.29, 0.717) is 0 Å². The first kappa shape index (κ1) is 11.4. The SMILES string of the molecule is N=C(CCCCc1ccccc1)CC1CC1. The molecule has 0 amide bonds. The van der Waals surface area contributed by atoms with Crippen LogP contribution in [0.3, 0.4) is 0 Å². The van der Waals surface area contributed by atoms with Gasteiger partial charge in [-0.25, -0.2) is 0 Å². The van der Waals surface area contributed by atoms with Gasteiger partial charge in [0.15, 0.2) is 0 Å². The molecule has 0 saturated heterocycles. The Labute approximate surface area is 98.4 Å². The number of hydrogen-bond donors (Lipinski definition) is 1. The molecule has 1 saturated carbocycles. The highest BCUT2D eigenvalue weighted by Gasteiger charge is 2.22. The van der Waals surface area contributed by atoms with Gasteiger partial charge in [-0.15, -0.1) is 0 Å². The van der Waals surface area contributed by atoms with Crippen LogP contribution in [0.25, 0.3) is 0 Å². The van der Waals surface area contributed by atoms with Gasteiger partial charge in [0.2, 0.25) is 0 Å². The molecule has 0 atom stereocenters. The maximum Gasteiger partial charge on any atom is 0.00919 e. The van der Waals surface area contributed by atoms with Crippen LogP contribution in [0, 0.1) is 11.3 Å². The molecule has 1 nitrogen and oxygen atoms in total. The van der Waals surface area contributed by atoms with E-state index in [0.717, 1.165) is 30.9 Å². The lowest BCUT2D eigenvalue weighted by Gasteiger charge is -2.03. The third-order valence-electron chi connectivity index (χ3n) is 3.27. The van der Waals surface area contributed by atoms with Crippen LogP contribution in [-0.4, -0.2) is 5.71 Å². The lowest BCUT2D eigenvalue weighted by atomic mass is 10.0. The summed E-state index contributed by atoms with van der Waals surface area (Å²) in [5.74, 6) is 0.877. The minimum absolute atomic E-state index is 0.877. The van der Waals surface area contributed by atoms with Gasteiger partial charge in [0.25, 0.3) is 0 Å². The van der Waals surface area contributed by atoms with E-state index in [9.17, 15) is 0 Å². The van der Waals surface area contributed by atoms with Crippen molar-refractivity contribution in [3.05, 3.63) is 35.9 Å². The second kappa shape index (κ2) is 5.83. The summed E-state index contributed by atoms with van der Waals surface area (Å²) in [5, 5.41) is 7.84. The molecule has 1 fully saturated rings. The molecule has 0 bridgehead atoms. The van der Waals surface area contributed by atoms with Crippen LogP contribution in [0.1, 0.15) is 44.1 Å². The molecule has 0 aliphatic heterocycles. The van der Waals surface area contributed by atoms with E-state index < -0.39 is 0 Å². The lowest BCUT2D eigenvalue weighted by molar-refractivity contribution is 0.743. The average Bonchev–Trinajstić information content (AvgIpc) is 3.10. The van der Waals surface area contributed by atoms with E-state index in [4.69, 9.17) is 5.41 Å². The van der Waals surface area contributed by atoms with Crippen molar-refractivity contribution >= 4 is 5.71 Å². The van der Waals surface area contributed by atoms with Crippen LogP contribution in [0.4, 0.5) is 0 Å². The van der Waals surface area contributed by atoms with E-state index in [1.54, 1.807) is 0 Å². The van der Waals surface area contributed by atoms with Crippen LogP contribution < -0.4 is 0 Å². The van der Waals surface area contributed by atoms with Crippen LogP contribution in [0.15, 0.2) is 30.3 Å². The molecule has 86 valence electrons. The van der Waals surface area contributed by atoms with Crippen LogP contribution in [0.2, 0.25) is 0 Å². The molecule has 1 aliphatic carbocycles. The van der Waals surface area contributed by atoms with E-state index in [2.05, 4.69) is 30.3 Å². The Kier molecular flexibility index (Phi) is 4.15. The van der Waals surface area contributed by atoms with Gasteiger partial charge >= 0.3 is 0 Å². The molecule has 1 aromatic carbocycles. The van der Waals surface area contributed by atoms with Crippen LogP contribution >= 0.6 is 0 Å². The number of benzene rings is 1. The fourth-order valence-electron chi connectivity index (χ4n) is 2.08. The summed E-state index contributed by atoms with van der Waals surface area (Å²) in [7, 11) is 0. The van der Waals surface area contributed by atoms with Gasteiger partial charge in [-0.3, -0.25) is 0 Å². The van der Waals surface area contributed by atoms with Gasteiger partial charge in [0.1, 0.15) is 0 Å². The maximum atomic E-state index is 7.84. The Morgan fingerprint density at radius 2 is 1.88 bits per heavy atom. The molecule has 0 unspecified atom stereocenters. The molecule has 1 aromatic rings. The van der Waals surface area contributed by atoms with Gasteiger partial charge in [-0.2, -0.15) is 0 Å². The number of rotatable bonds is 7. The third-order valence-corrected chi connectivity index (χ3v) is 3.27. The zero-order valence-electron chi connectivity index (χ0n) is 9.91. The third kappa shape index (κ3) is 4.18. The minimum Gasteiger partial charge on any atom is -0.310 e. The molecule has 0 aromatic heterocycles. The number of unbranched alkanes of at least 4 members (excludes halogenated alkanes) is 1. The highest BCUT2D eigenvalue weighted by atomic mass is 14.4. The highest BCUT2D eigenvalue weighted by Crippen LogP contribution is 2.33. The first-order valence-corrected chi connectivity index (χ1v) is 6.45. The van der Waals surface area contributed by atoms with E-state index in [1.807, 2.05) is 0 Å². The Hall–Kier alpha value is -1.11. The molecule has 2 rings (SSSR count). The number of nitrogens with one attached hydrogen (secondary N) is 1. The molecule has 0 heterocycles. The predicted molar refractivity (Wildman–Crippen MR) is 69.1 cm³/mol. The van der Waals surface area contributed by atoms with Crippen molar-refractivity contribution in [2.75, 3.05) is 0 Å². The second-order valence-electron chi connectivity index (χ2n) is 4.94. The van der Waals surface area contributed by atoms with Gasteiger partial charge in [-0.1, -0.05) is 30.3 Å². The van der Waals surface area contributed by atoms with Crippen molar-refractivity contribution in [1.82, 2.24) is 0 Å². The number of aryl methyl sites for hydroxylation is 1. The molecule has 0 spiro atoms. The molecule has 16 heavy (non-hydrogen) atoms. The summed E-state index contributed by atoms with van der Waals surface area (Å²) in [6.07, 6.45) is 8.39. The predicted octanol–water partition coefficient (Wildman–Crippen LogP) is 4.22. The Morgan fingerprint density at radius 3 is 2.56 bits per heavy atom. The largest absolute Gasteiger partial charge is 0.310 e. The zero-order valence-corrected chi connectivity index (χ0v) is 9.91. The van der Waals surface area contributed by atoms with Crippen molar-refractivity contribution in [1.29, 1.82) is 5.41 Å². The summed E-state index contributed by atoms with van der Waals surface area (Å²) >= 11 is 0. The fraction of sp³-hybridized carbons (Fsp3) is 0.533. The van der Waals surface area contributed by atoms with Gasteiger partial charge in [0.05, 0.1) is 0 Å². The van der Waals surface area contributed by atoms with Crippen LogP contribution in [0.5, 0.6) is 0 Å². The molecular weight excluding hydrogens is 194 g/mol. The Balaban J connectivity index is 1.56. The van der Waals surface area contributed by atoms with Crippen LogP contribution in [-0.2, 0) is 6.42 Å². The van der Waals surface area contributed by atoms with Crippen molar-refractivity contribution < 1.29 is 0 Å². The maximum absolute atomic E-state index is 7.84.